The minimum atomic E-state index is -0.224. The number of benzene rings is 1. The SMILES string of the molecule is COc1cc(NC(=O)N2CCC(Oc3ccc(Cl)cc3)C2)ncn1. The number of nitrogens with one attached hydrogen (secondary N) is 1. The lowest BCUT2D eigenvalue weighted by atomic mass is 10.3. The molecule has 0 aliphatic carbocycles. The second-order valence-corrected chi connectivity index (χ2v) is 5.74. The van der Waals surface area contributed by atoms with E-state index in [2.05, 4.69) is 15.3 Å². The lowest BCUT2D eigenvalue weighted by Crippen LogP contribution is -2.34. The van der Waals surface area contributed by atoms with Gasteiger partial charge in [-0.25, -0.2) is 14.8 Å². The van der Waals surface area contributed by atoms with E-state index in [1.807, 2.05) is 12.1 Å². The van der Waals surface area contributed by atoms with Gasteiger partial charge in [-0.2, -0.15) is 0 Å². The number of rotatable bonds is 4. The summed E-state index contributed by atoms with van der Waals surface area (Å²) in [5, 5.41) is 3.40. The molecule has 1 aliphatic heterocycles. The average Bonchev–Trinajstić information content (AvgIpc) is 3.06. The molecule has 1 aromatic carbocycles. The van der Waals surface area contributed by atoms with E-state index in [1.54, 1.807) is 23.1 Å². The molecule has 126 valence electrons. The molecule has 7 nitrogen and oxygen atoms in total. The van der Waals surface area contributed by atoms with Gasteiger partial charge in [0.25, 0.3) is 0 Å². The summed E-state index contributed by atoms with van der Waals surface area (Å²) in [6, 6.07) is 8.53. The van der Waals surface area contributed by atoms with Crippen molar-refractivity contribution >= 4 is 23.4 Å². The van der Waals surface area contributed by atoms with Crippen molar-refractivity contribution in [2.24, 2.45) is 0 Å². The van der Waals surface area contributed by atoms with Crippen LogP contribution in [0.4, 0.5) is 10.6 Å². The summed E-state index contributed by atoms with van der Waals surface area (Å²) in [6.45, 7) is 1.13. The molecule has 2 amide bonds. The van der Waals surface area contributed by atoms with Crippen molar-refractivity contribution in [2.75, 3.05) is 25.5 Å². The van der Waals surface area contributed by atoms with Gasteiger partial charge in [-0.3, -0.25) is 5.32 Å². The number of methoxy groups -OCH3 is 1. The number of amides is 2. The Morgan fingerprint density at radius 2 is 2.12 bits per heavy atom. The molecule has 0 bridgehead atoms. The number of aromatic nitrogens is 2. The topological polar surface area (TPSA) is 76.6 Å². The number of halogens is 1. The standard InChI is InChI=1S/C16H17ClN4O3/c1-23-15-8-14(18-10-19-15)20-16(22)21-7-6-13(9-21)24-12-4-2-11(17)3-5-12/h2-5,8,10,13H,6-7,9H2,1H3,(H,18,19,20,22). The van der Waals surface area contributed by atoms with Gasteiger partial charge in [-0.1, -0.05) is 11.6 Å². The Labute approximate surface area is 144 Å². The first kappa shape index (κ1) is 16.3. The van der Waals surface area contributed by atoms with Crippen LogP contribution in [-0.2, 0) is 0 Å². The number of carbonyl (C=O) groups excluding carboxylic acids is 1. The lowest BCUT2D eigenvalue weighted by molar-refractivity contribution is 0.195. The molecule has 2 aromatic rings. The van der Waals surface area contributed by atoms with E-state index in [4.69, 9.17) is 21.1 Å². The molecule has 0 spiro atoms. The number of hydrogen-bond acceptors (Lipinski definition) is 5. The van der Waals surface area contributed by atoms with Crippen molar-refractivity contribution in [1.82, 2.24) is 14.9 Å². The maximum atomic E-state index is 12.3. The average molecular weight is 349 g/mol. The summed E-state index contributed by atoms with van der Waals surface area (Å²) < 4.78 is 10.9. The van der Waals surface area contributed by atoms with Crippen molar-refractivity contribution in [2.45, 2.75) is 12.5 Å². The lowest BCUT2D eigenvalue weighted by Gasteiger charge is -2.17. The summed E-state index contributed by atoms with van der Waals surface area (Å²) >= 11 is 5.86. The molecule has 24 heavy (non-hydrogen) atoms. The summed E-state index contributed by atoms with van der Waals surface area (Å²) in [7, 11) is 1.51. The number of hydrogen-bond donors (Lipinski definition) is 1. The minimum Gasteiger partial charge on any atom is -0.489 e. The molecule has 3 rings (SSSR count). The first-order valence-corrected chi connectivity index (χ1v) is 7.86. The van der Waals surface area contributed by atoms with Gasteiger partial charge in [0.1, 0.15) is 24.0 Å². The van der Waals surface area contributed by atoms with Crippen molar-refractivity contribution < 1.29 is 14.3 Å². The molecular formula is C16H17ClN4O3. The van der Waals surface area contributed by atoms with Gasteiger partial charge in [0.15, 0.2) is 0 Å². The fourth-order valence-electron chi connectivity index (χ4n) is 2.42. The Balaban J connectivity index is 1.54. The Hall–Kier alpha value is -2.54. The number of carbonyl (C=O) groups is 1. The third-order valence-electron chi connectivity index (χ3n) is 3.63. The number of ether oxygens (including phenoxy) is 2. The number of likely N-dealkylation sites (tertiary alicyclic amines) is 1. The van der Waals surface area contributed by atoms with Gasteiger partial charge in [0, 0.05) is 24.1 Å². The summed E-state index contributed by atoms with van der Waals surface area (Å²) in [4.78, 5) is 21.9. The number of nitrogens with zero attached hydrogens (tertiary/aromatic N) is 3. The molecular weight excluding hydrogens is 332 g/mol. The van der Waals surface area contributed by atoms with Crippen LogP contribution in [0.5, 0.6) is 11.6 Å². The Bertz CT molecular complexity index is 711. The molecule has 1 saturated heterocycles. The highest BCUT2D eigenvalue weighted by atomic mass is 35.5. The summed E-state index contributed by atoms with van der Waals surface area (Å²) in [5.41, 5.74) is 0. The summed E-state index contributed by atoms with van der Waals surface area (Å²) in [6.07, 6.45) is 2.06. The second kappa shape index (κ2) is 7.35. The summed E-state index contributed by atoms with van der Waals surface area (Å²) in [5.74, 6) is 1.53. The highest BCUT2D eigenvalue weighted by molar-refractivity contribution is 6.30. The van der Waals surface area contributed by atoms with Crippen LogP contribution in [0.3, 0.4) is 0 Å². The molecule has 1 aromatic heterocycles. The van der Waals surface area contributed by atoms with Crippen LogP contribution in [0.25, 0.3) is 0 Å². The molecule has 1 fully saturated rings. The molecule has 8 heteroatoms. The highest BCUT2D eigenvalue weighted by Gasteiger charge is 2.28. The maximum Gasteiger partial charge on any atom is 0.323 e. The fourth-order valence-corrected chi connectivity index (χ4v) is 2.55. The zero-order valence-electron chi connectivity index (χ0n) is 13.1. The van der Waals surface area contributed by atoms with Gasteiger partial charge in [0.05, 0.1) is 13.7 Å². The van der Waals surface area contributed by atoms with Crippen LogP contribution in [0.1, 0.15) is 6.42 Å². The predicted molar refractivity (Wildman–Crippen MR) is 89.7 cm³/mol. The van der Waals surface area contributed by atoms with Crippen LogP contribution in [0, 0.1) is 0 Å². The van der Waals surface area contributed by atoms with Gasteiger partial charge in [-0.05, 0) is 24.3 Å². The first-order valence-electron chi connectivity index (χ1n) is 7.48. The van der Waals surface area contributed by atoms with Gasteiger partial charge >= 0.3 is 6.03 Å². The molecule has 1 N–H and O–H groups in total. The van der Waals surface area contributed by atoms with E-state index in [0.29, 0.717) is 29.8 Å². The largest absolute Gasteiger partial charge is 0.489 e. The van der Waals surface area contributed by atoms with Crippen molar-refractivity contribution in [3.63, 3.8) is 0 Å². The van der Waals surface area contributed by atoms with Crippen LogP contribution in [0.15, 0.2) is 36.7 Å². The normalized spacial score (nSPS) is 16.8. The molecule has 1 atom stereocenters. The zero-order valence-corrected chi connectivity index (χ0v) is 13.9. The maximum absolute atomic E-state index is 12.3. The zero-order chi connectivity index (χ0) is 16.9. The Morgan fingerprint density at radius 3 is 2.88 bits per heavy atom. The van der Waals surface area contributed by atoms with Gasteiger partial charge in [-0.15, -0.1) is 0 Å². The van der Waals surface area contributed by atoms with E-state index in [-0.39, 0.29) is 12.1 Å². The number of anilines is 1. The van der Waals surface area contributed by atoms with E-state index >= 15 is 0 Å². The minimum absolute atomic E-state index is 0.0446. The quantitative estimate of drug-likeness (QED) is 0.919. The van der Waals surface area contributed by atoms with Crippen molar-refractivity contribution in [1.29, 1.82) is 0 Å². The smallest absolute Gasteiger partial charge is 0.323 e. The van der Waals surface area contributed by atoms with E-state index < -0.39 is 0 Å². The van der Waals surface area contributed by atoms with Gasteiger partial charge < -0.3 is 14.4 Å². The second-order valence-electron chi connectivity index (χ2n) is 5.30. The van der Waals surface area contributed by atoms with E-state index in [0.717, 1.165) is 12.2 Å². The Kier molecular flexibility index (Phi) is 5.00. The third-order valence-corrected chi connectivity index (χ3v) is 3.89. The molecule has 1 aliphatic rings. The van der Waals surface area contributed by atoms with Crippen molar-refractivity contribution in [3.8, 4) is 11.6 Å². The van der Waals surface area contributed by atoms with Crippen LogP contribution < -0.4 is 14.8 Å². The van der Waals surface area contributed by atoms with Crippen LogP contribution >= 0.6 is 11.6 Å². The van der Waals surface area contributed by atoms with Crippen LogP contribution in [-0.4, -0.2) is 47.2 Å². The monoisotopic (exact) mass is 348 g/mol. The number of urea groups is 1. The van der Waals surface area contributed by atoms with Crippen molar-refractivity contribution in [3.05, 3.63) is 41.7 Å². The molecule has 0 saturated carbocycles. The molecule has 2 heterocycles. The predicted octanol–water partition coefficient (Wildman–Crippen LogP) is 2.82. The molecule has 1 unspecified atom stereocenters. The highest BCUT2D eigenvalue weighted by Crippen LogP contribution is 2.21. The van der Waals surface area contributed by atoms with E-state index in [1.165, 1.54) is 13.4 Å². The first-order chi connectivity index (χ1) is 11.6. The van der Waals surface area contributed by atoms with E-state index in [9.17, 15) is 4.79 Å². The Morgan fingerprint density at radius 1 is 1.33 bits per heavy atom. The third kappa shape index (κ3) is 4.05. The van der Waals surface area contributed by atoms with Gasteiger partial charge in [0.2, 0.25) is 5.88 Å². The van der Waals surface area contributed by atoms with Crippen LogP contribution in [0.2, 0.25) is 5.02 Å². The molecule has 0 radical (unpaired) electrons. The fraction of sp³-hybridized carbons (Fsp3) is 0.312.